The summed E-state index contributed by atoms with van der Waals surface area (Å²) in [6.45, 7) is 0. The summed E-state index contributed by atoms with van der Waals surface area (Å²) in [5, 5.41) is 12.4. The number of benzene rings is 1. The Balaban J connectivity index is 1.65. The summed E-state index contributed by atoms with van der Waals surface area (Å²) < 4.78 is 5.30. The first kappa shape index (κ1) is 14.0. The maximum atomic E-state index is 12.0. The summed E-state index contributed by atoms with van der Waals surface area (Å²) in [6, 6.07) is 14.9. The van der Waals surface area contributed by atoms with E-state index in [1.165, 1.54) is 6.21 Å². The Kier molecular flexibility index (Phi) is 3.43. The van der Waals surface area contributed by atoms with Crippen molar-refractivity contribution >= 4 is 12.0 Å². The van der Waals surface area contributed by atoms with Crippen molar-refractivity contribution in [2.45, 2.75) is 0 Å². The standard InChI is InChI=1S/C17H13N5O2/c23-17-12(16(21-22-17)11-5-2-1-3-6-11)10-18-15-9-13(19-20-15)14-7-4-8-24-14/h1-10H,(H,19,20)(H2,21,22,23). The van der Waals surface area contributed by atoms with Crippen molar-refractivity contribution in [3.63, 3.8) is 0 Å². The molecular formula is C17H13N5O2. The Bertz CT molecular complexity index is 1020. The molecule has 0 amide bonds. The van der Waals surface area contributed by atoms with Gasteiger partial charge in [-0.3, -0.25) is 20.1 Å². The third-order valence-electron chi connectivity index (χ3n) is 3.55. The maximum absolute atomic E-state index is 12.0. The van der Waals surface area contributed by atoms with Gasteiger partial charge in [0.05, 0.1) is 17.5 Å². The quantitative estimate of drug-likeness (QED) is 0.503. The number of aromatic nitrogens is 4. The van der Waals surface area contributed by atoms with Crippen molar-refractivity contribution in [3.05, 3.63) is 70.7 Å². The van der Waals surface area contributed by atoms with Crippen LogP contribution in [0.15, 0.2) is 69.0 Å². The van der Waals surface area contributed by atoms with E-state index in [1.54, 1.807) is 18.4 Å². The molecule has 7 heteroatoms. The predicted molar refractivity (Wildman–Crippen MR) is 90.4 cm³/mol. The zero-order valence-electron chi connectivity index (χ0n) is 12.5. The van der Waals surface area contributed by atoms with Gasteiger partial charge >= 0.3 is 0 Å². The minimum Gasteiger partial charge on any atom is -0.463 e. The average Bonchev–Trinajstić information content (AvgIpc) is 3.35. The number of aromatic amines is 3. The van der Waals surface area contributed by atoms with Crippen LogP contribution in [0.4, 0.5) is 5.82 Å². The fourth-order valence-corrected chi connectivity index (χ4v) is 2.39. The van der Waals surface area contributed by atoms with Gasteiger partial charge in [0.15, 0.2) is 11.6 Å². The van der Waals surface area contributed by atoms with E-state index in [9.17, 15) is 4.79 Å². The highest BCUT2D eigenvalue weighted by atomic mass is 16.3. The summed E-state index contributed by atoms with van der Waals surface area (Å²) in [5.41, 5.74) is 2.52. The normalized spacial score (nSPS) is 11.3. The molecule has 0 saturated carbocycles. The third-order valence-corrected chi connectivity index (χ3v) is 3.55. The lowest BCUT2D eigenvalue weighted by Gasteiger charge is -1.97. The molecule has 0 spiro atoms. The topological polar surface area (TPSA) is 103 Å². The first-order valence-corrected chi connectivity index (χ1v) is 7.31. The molecule has 0 fully saturated rings. The van der Waals surface area contributed by atoms with Gasteiger partial charge in [-0.1, -0.05) is 30.3 Å². The lowest BCUT2D eigenvalue weighted by atomic mass is 10.1. The van der Waals surface area contributed by atoms with E-state index in [0.717, 1.165) is 11.3 Å². The van der Waals surface area contributed by atoms with Gasteiger partial charge < -0.3 is 4.42 Å². The molecule has 0 atom stereocenters. The number of furan rings is 1. The molecule has 0 aliphatic heterocycles. The van der Waals surface area contributed by atoms with Gasteiger partial charge in [-0.15, -0.1) is 0 Å². The fraction of sp³-hybridized carbons (Fsp3) is 0. The van der Waals surface area contributed by atoms with E-state index < -0.39 is 0 Å². The van der Waals surface area contributed by atoms with E-state index in [0.29, 0.717) is 22.8 Å². The van der Waals surface area contributed by atoms with Crippen LogP contribution in [0.1, 0.15) is 5.56 Å². The van der Waals surface area contributed by atoms with Crippen LogP contribution in [0.2, 0.25) is 0 Å². The summed E-state index contributed by atoms with van der Waals surface area (Å²) in [6.07, 6.45) is 3.09. The smallest absolute Gasteiger partial charge is 0.273 e. The van der Waals surface area contributed by atoms with Crippen molar-refractivity contribution in [3.8, 4) is 22.7 Å². The molecule has 7 nitrogen and oxygen atoms in total. The molecule has 0 unspecified atom stereocenters. The summed E-state index contributed by atoms with van der Waals surface area (Å²) >= 11 is 0. The molecule has 4 rings (SSSR count). The maximum Gasteiger partial charge on any atom is 0.273 e. The van der Waals surface area contributed by atoms with Crippen LogP contribution in [-0.2, 0) is 0 Å². The SMILES string of the molecule is O=c1[nH][nH]c(-c2ccccc2)c1C=Nc1cc(-c2ccco2)[nH]n1. The zero-order chi connectivity index (χ0) is 16.4. The minimum absolute atomic E-state index is 0.237. The van der Waals surface area contributed by atoms with Gasteiger partial charge in [0.2, 0.25) is 0 Å². The van der Waals surface area contributed by atoms with Crippen LogP contribution in [0.3, 0.4) is 0 Å². The average molecular weight is 319 g/mol. The van der Waals surface area contributed by atoms with Crippen molar-refractivity contribution in [2.75, 3.05) is 0 Å². The first-order valence-electron chi connectivity index (χ1n) is 7.31. The van der Waals surface area contributed by atoms with Gasteiger partial charge in [-0.05, 0) is 12.1 Å². The molecule has 1 aromatic carbocycles. The summed E-state index contributed by atoms with van der Waals surface area (Å²) in [7, 11) is 0. The van der Waals surface area contributed by atoms with Gasteiger partial charge in [0.1, 0.15) is 5.69 Å². The van der Waals surface area contributed by atoms with Crippen molar-refractivity contribution < 1.29 is 4.42 Å². The van der Waals surface area contributed by atoms with Crippen LogP contribution in [0, 0.1) is 0 Å². The van der Waals surface area contributed by atoms with E-state index in [1.807, 2.05) is 36.4 Å². The highest BCUT2D eigenvalue weighted by Crippen LogP contribution is 2.22. The molecule has 24 heavy (non-hydrogen) atoms. The Hall–Kier alpha value is -3.61. The summed E-state index contributed by atoms with van der Waals surface area (Å²) in [4.78, 5) is 16.3. The minimum atomic E-state index is -0.237. The van der Waals surface area contributed by atoms with Crippen molar-refractivity contribution in [2.24, 2.45) is 4.99 Å². The van der Waals surface area contributed by atoms with Crippen LogP contribution in [-0.4, -0.2) is 26.6 Å². The number of hydrogen-bond acceptors (Lipinski definition) is 4. The monoisotopic (exact) mass is 319 g/mol. The summed E-state index contributed by atoms with van der Waals surface area (Å²) in [5.74, 6) is 1.13. The highest BCUT2D eigenvalue weighted by molar-refractivity contribution is 5.89. The lowest BCUT2D eigenvalue weighted by molar-refractivity contribution is 0.580. The molecular weight excluding hydrogens is 306 g/mol. The second kappa shape index (κ2) is 5.88. The number of rotatable bonds is 4. The van der Waals surface area contributed by atoms with Crippen LogP contribution < -0.4 is 5.56 Å². The van der Waals surface area contributed by atoms with Crippen LogP contribution in [0.5, 0.6) is 0 Å². The van der Waals surface area contributed by atoms with E-state index in [-0.39, 0.29) is 5.56 Å². The molecule has 0 bridgehead atoms. The van der Waals surface area contributed by atoms with Crippen molar-refractivity contribution in [1.82, 2.24) is 20.4 Å². The number of nitrogens with one attached hydrogen (secondary N) is 3. The van der Waals surface area contributed by atoms with E-state index >= 15 is 0 Å². The second-order valence-electron chi connectivity index (χ2n) is 5.11. The van der Waals surface area contributed by atoms with Crippen LogP contribution >= 0.6 is 0 Å². The Labute approximate surface area is 136 Å². The molecule has 118 valence electrons. The number of aliphatic imine (C=N–C) groups is 1. The second-order valence-corrected chi connectivity index (χ2v) is 5.11. The van der Waals surface area contributed by atoms with E-state index in [2.05, 4.69) is 25.4 Å². The van der Waals surface area contributed by atoms with Crippen LogP contribution in [0.25, 0.3) is 22.7 Å². The van der Waals surface area contributed by atoms with Gasteiger partial charge in [-0.2, -0.15) is 5.10 Å². The lowest BCUT2D eigenvalue weighted by Crippen LogP contribution is -2.05. The molecule has 0 saturated heterocycles. The molecule has 3 heterocycles. The number of H-pyrrole nitrogens is 3. The predicted octanol–water partition coefficient (Wildman–Crippen LogP) is 3.10. The molecule has 3 aromatic heterocycles. The number of hydrogen-bond donors (Lipinski definition) is 3. The van der Waals surface area contributed by atoms with Crippen molar-refractivity contribution in [1.29, 1.82) is 0 Å². The Morgan fingerprint density at radius 1 is 1.08 bits per heavy atom. The molecule has 0 aliphatic carbocycles. The zero-order valence-corrected chi connectivity index (χ0v) is 12.5. The molecule has 4 aromatic rings. The third kappa shape index (κ3) is 2.58. The molecule has 0 aliphatic rings. The fourth-order valence-electron chi connectivity index (χ4n) is 2.39. The molecule has 3 N–H and O–H groups in total. The first-order chi connectivity index (χ1) is 11.8. The Morgan fingerprint density at radius 3 is 2.75 bits per heavy atom. The Morgan fingerprint density at radius 2 is 1.96 bits per heavy atom. The highest BCUT2D eigenvalue weighted by Gasteiger charge is 2.10. The van der Waals surface area contributed by atoms with E-state index in [4.69, 9.17) is 4.42 Å². The van der Waals surface area contributed by atoms with Gasteiger partial charge in [0, 0.05) is 17.8 Å². The number of nitrogens with zero attached hydrogens (tertiary/aromatic N) is 2. The van der Waals surface area contributed by atoms with Gasteiger partial charge in [0.25, 0.3) is 5.56 Å². The molecule has 0 radical (unpaired) electrons. The van der Waals surface area contributed by atoms with Gasteiger partial charge in [-0.25, -0.2) is 4.99 Å². The largest absolute Gasteiger partial charge is 0.463 e.